The van der Waals surface area contributed by atoms with Crippen LogP contribution in [0.3, 0.4) is 0 Å². The van der Waals surface area contributed by atoms with Gasteiger partial charge in [0.05, 0.1) is 24.8 Å². The zero-order valence-corrected chi connectivity index (χ0v) is 15.4. The maximum absolute atomic E-state index is 9.32. The minimum Gasteiger partial charge on any atom is -0.381 e. The first kappa shape index (κ1) is 16.6. The van der Waals surface area contributed by atoms with Crippen molar-refractivity contribution < 1.29 is 4.74 Å². The fourth-order valence-corrected chi connectivity index (χ4v) is 4.87. The summed E-state index contributed by atoms with van der Waals surface area (Å²) in [6, 6.07) is 15.2. The van der Waals surface area contributed by atoms with Gasteiger partial charge in [-0.05, 0) is 42.3 Å². The average Bonchev–Trinajstić information content (AvgIpc) is 2.88. The van der Waals surface area contributed by atoms with Gasteiger partial charge in [0.2, 0.25) is 0 Å². The fraction of sp³-hybridized carbons (Fsp3) is 0.409. The largest absolute Gasteiger partial charge is 0.381 e. The van der Waals surface area contributed by atoms with Gasteiger partial charge in [-0.15, -0.1) is 0 Å². The second-order valence-corrected chi connectivity index (χ2v) is 7.61. The zero-order chi connectivity index (χ0) is 18.2. The van der Waals surface area contributed by atoms with Gasteiger partial charge in [0, 0.05) is 48.5 Å². The van der Waals surface area contributed by atoms with E-state index < -0.39 is 0 Å². The number of nitrogens with one attached hydrogen (secondary N) is 2. The summed E-state index contributed by atoms with van der Waals surface area (Å²) in [4.78, 5) is 2.60. The van der Waals surface area contributed by atoms with E-state index in [4.69, 9.17) is 4.74 Å². The average molecular weight is 360 g/mol. The highest BCUT2D eigenvalue weighted by Crippen LogP contribution is 2.47. The molecule has 0 amide bonds. The highest BCUT2D eigenvalue weighted by Gasteiger charge is 2.41. The van der Waals surface area contributed by atoms with E-state index in [1.165, 1.54) is 23.2 Å². The lowest BCUT2D eigenvalue weighted by Crippen LogP contribution is -2.44. The van der Waals surface area contributed by atoms with Gasteiger partial charge in [-0.3, -0.25) is 0 Å². The lowest BCUT2D eigenvalue weighted by molar-refractivity contribution is 0.130. The summed E-state index contributed by atoms with van der Waals surface area (Å²) in [5.74, 6) is 0.554. The first-order chi connectivity index (χ1) is 13.3. The van der Waals surface area contributed by atoms with Gasteiger partial charge in [0.15, 0.2) is 0 Å². The van der Waals surface area contributed by atoms with E-state index in [0.717, 1.165) is 43.1 Å². The maximum atomic E-state index is 9.32. The van der Waals surface area contributed by atoms with E-state index in [1.807, 2.05) is 24.3 Å². The molecule has 2 N–H and O–H groups in total. The third kappa shape index (κ3) is 2.86. The van der Waals surface area contributed by atoms with Crippen molar-refractivity contribution in [2.24, 2.45) is 0 Å². The molecule has 5 nitrogen and oxygen atoms in total. The van der Waals surface area contributed by atoms with E-state index in [-0.39, 0.29) is 0 Å². The topological polar surface area (TPSA) is 60.3 Å². The number of rotatable bonds is 3. The molecule has 3 aliphatic heterocycles. The minimum absolute atomic E-state index is 0.554. The molecule has 1 fully saturated rings. The van der Waals surface area contributed by atoms with Crippen LogP contribution in [0.15, 0.2) is 36.4 Å². The van der Waals surface area contributed by atoms with Crippen LogP contribution in [0.5, 0.6) is 0 Å². The van der Waals surface area contributed by atoms with Crippen LogP contribution in [0.4, 0.5) is 11.4 Å². The summed E-state index contributed by atoms with van der Waals surface area (Å²) in [5.41, 5.74) is 7.03. The number of piperidine rings is 1. The van der Waals surface area contributed by atoms with Crippen LogP contribution in [0.1, 0.15) is 34.6 Å². The summed E-state index contributed by atoms with van der Waals surface area (Å²) in [5, 5.41) is 16.4. The van der Waals surface area contributed by atoms with Crippen LogP contribution in [0.25, 0.3) is 0 Å². The molecular formula is C22H24N4O. The van der Waals surface area contributed by atoms with Crippen molar-refractivity contribution in [1.82, 2.24) is 5.32 Å². The second kappa shape index (κ2) is 6.88. The Bertz CT molecular complexity index is 904. The van der Waals surface area contributed by atoms with Crippen LogP contribution >= 0.6 is 0 Å². The van der Waals surface area contributed by atoms with Crippen molar-refractivity contribution in [1.29, 1.82) is 5.26 Å². The second-order valence-electron chi connectivity index (χ2n) is 7.61. The van der Waals surface area contributed by atoms with Crippen molar-refractivity contribution in [2.45, 2.75) is 31.5 Å². The van der Waals surface area contributed by atoms with E-state index in [0.29, 0.717) is 25.1 Å². The first-order valence-corrected chi connectivity index (χ1v) is 9.79. The summed E-state index contributed by atoms with van der Waals surface area (Å²) < 4.78 is 5.89. The van der Waals surface area contributed by atoms with E-state index >= 15 is 0 Å². The lowest BCUT2D eigenvalue weighted by Gasteiger charge is -2.33. The Balaban J connectivity index is 1.48. The van der Waals surface area contributed by atoms with E-state index in [9.17, 15) is 5.26 Å². The molecule has 3 aliphatic rings. The smallest absolute Gasteiger partial charge is 0.0995 e. The summed E-state index contributed by atoms with van der Waals surface area (Å²) >= 11 is 0. The molecule has 2 aromatic carbocycles. The van der Waals surface area contributed by atoms with Gasteiger partial charge in [-0.2, -0.15) is 5.26 Å². The Labute approximate surface area is 159 Å². The van der Waals surface area contributed by atoms with Crippen LogP contribution in [-0.2, 0) is 17.9 Å². The number of ether oxygens (including phenoxy) is 1. The third-order valence-electron chi connectivity index (χ3n) is 6.11. The van der Waals surface area contributed by atoms with Crippen molar-refractivity contribution in [3.63, 3.8) is 0 Å². The lowest BCUT2D eigenvalue weighted by atomic mass is 9.89. The molecule has 0 bridgehead atoms. The Kier molecular flexibility index (Phi) is 4.23. The molecule has 1 saturated heterocycles. The Morgan fingerprint density at radius 2 is 2.22 bits per heavy atom. The molecule has 3 heterocycles. The third-order valence-corrected chi connectivity index (χ3v) is 6.11. The van der Waals surface area contributed by atoms with Crippen LogP contribution in [-0.4, -0.2) is 32.3 Å². The molecular weight excluding hydrogens is 336 g/mol. The summed E-state index contributed by atoms with van der Waals surface area (Å²) in [6.07, 6.45) is 1.19. The summed E-state index contributed by atoms with van der Waals surface area (Å²) in [6.45, 7) is 5.26. The molecule has 5 heteroatoms. The van der Waals surface area contributed by atoms with Crippen LogP contribution < -0.4 is 15.5 Å². The molecule has 2 atom stereocenters. The van der Waals surface area contributed by atoms with Gasteiger partial charge in [0.25, 0.3) is 0 Å². The summed E-state index contributed by atoms with van der Waals surface area (Å²) in [7, 11) is 0. The van der Waals surface area contributed by atoms with Crippen molar-refractivity contribution in [3.05, 3.63) is 58.7 Å². The van der Waals surface area contributed by atoms with Crippen molar-refractivity contribution in [3.8, 4) is 6.07 Å². The van der Waals surface area contributed by atoms with Crippen molar-refractivity contribution in [2.75, 3.05) is 36.5 Å². The monoisotopic (exact) mass is 360 g/mol. The number of benzene rings is 2. The first-order valence-electron chi connectivity index (χ1n) is 9.79. The molecule has 0 saturated carbocycles. The highest BCUT2D eigenvalue weighted by atomic mass is 16.5. The highest BCUT2D eigenvalue weighted by molar-refractivity contribution is 5.72. The fourth-order valence-electron chi connectivity index (χ4n) is 4.87. The van der Waals surface area contributed by atoms with Gasteiger partial charge in [-0.1, -0.05) is 18.2 Å². The number of fused-ring (bicyclic) bond motifs is 3. The standard InChI is InChI=1S/C22H24N4O/c23-11-15-3-1-2-4-16(15)12-25-18-9-17-14-27-8-7-26-21-5-6-24-13-20(21)19(10-18)22(17)26/h1-4,9-10,20-21,24-25H,5-8,12-14H2/t20-,21-/m0/s1. The van der Waals surface area contributed by atoms with Gasteiger partial charge >= 0.3 is 0 Å². The Morgan fingerprint density at radius 3 is 3.15 bits per heavy atom. The number of hydrogen-bond donors (Lipinski definition) is 2. The van der Waals surface area contributed by atoms with Crippen LogP contribution in [0, 0.1) is 11.3 Å². The molecule has 5 rings (SSSR count). The minimum atomic E-state index is 0.554. The maximum Gasteiger partial charge on any atom is 0.0995 e. The zero-order valence-electron chi connectivity index (χ0n) is 15.4. The Morgan fingerprint density at radius 1 is 1.30 bits per heavy atom. The predicted octanol–water partition coefficient (Wildman–Crippen LogP) is 2.97. The predicted molar refractivity (Wildman–Crippen MR) is 106 cm³/mol. The number of anilines is 2. The normalized spacial score (nSPS) is 23.1. The van der Waals surface area contributed by atoms with Crippen molar-refractivity contribution >= 4 is 11.4 Å². The molecule has 2 aromatic rings. The SMILES string of the molecule is N#Cc1ccccc1CNc1cc2c3c(c1)[C@@H]1CNCC[C@@H]1N3CCOC2. The molecule has 0 radical (unpaired) electrons. The number of nitrogens with zero attached hydrogens (tertiary/aromatic N) is 2. The van der Waals surface area contributed by atoms with E-state index in [2.05, 4.69) is 33.7 Å². The number of nitriles is 1. The van der Waals surface area contributed by atoms with Gasteiger partial charge in [0.1, 0.15) is 0 Å². The molecule has 27 heavy (non-hydrogen) atoms. The van der Waals surface area contributed by atoms with Crippen LogP contribution in [0.2, 0.25) is 0 Å². The van der Waals surface area contributed by atoms with Gasteiger partial charge in [-0.25, -0.2) is 0 Å². The number of hydrogen-bond acceptors (Lipinski definition) is 5. The molecule has 0 unspecified atom stereocenters. The van der Waals surface area contributed by atoms with E-state index in [1.54, 1.807) is 0 Å². The molecule has 0 spiro atoms. The molecule has 138 valence electrons. The quantitative estimate of drug-likeness (QED) is 0.881. The molecule has 0 aliphatic carbocycles. The Hall–Kier alpha value is -2.55. The molecule has 0 aromatic heterocycles. The van der Waals surface area contributed by atoms with Gasteiger partial charge < -0.3 is 20.3 Å².